The molecule has 100 valence electrons. The smallest absolute Gasteiger partial charge is 0.266 e. The molecule has 0 saturated heterocycles. The molecule has 0 radical (unpaired) electrons. The largest absolute Gasteiger partial charge is 0.472 e. The fourth-order valence-corrected chi connectivity index (χ4v) is 2.07. The monoisotopic (exact) mass is 345 g/mol. The van der Waals surface area contributed by atoms with Gasteiger partial charge in [-0.3, -0.25) is 9.63 Å². The molecule has 0 atom stereocenters. The molecule has 0 saturated carbocycles. The van der Waals surface area contributed by atoms with E-state index in [0.29, 0.717) is 20.4 Å². The Morgan fingerprint density at radius 2 is 2.32 bits per heavy atom. The summed E-state index contributed by atoms with van der Waals surface area (Å²) in [6.07, 6.45) is 1.34. The maximum absolute atomic E-state index is 11.6. The maximum Gasteiger partial charge on any atom is 0.266 e. The lowest BCUT2D eigenvalue weighted by Crippen LogP contribution is -2.16. The number of aromatic nitrogens is 2. The average molecular weight is 347 g/mol. The number of halogens is 2. The van der Waals surface area contributed by atoms with Crippen LogP contribution in [0.15, 0.2) is 34.9 Å². The Labute approximate surface area is 122 Å². The first kappa shape index (κ1) is 13.7. The quantitative estimate of drug-likeness (QED) is 0.658. The molecule has 2 N–H and O–H groups in total. The summed E-state index contributed by atoms with van der Waals surface area (Å²) >= 11 is 8.67. The van der Waals surface area contributed by atoms with Crippen molar-refractivity contribution in [2.24, 2.45) is 0 Å². The molecule has 1 amide bonds. The number of hydrogen-bond acceptors (Lipinski definition) is 4. The zero-order valence-electron chi connectivity index (χ0n) is 9.51. The summed E-state index contributed by atoms with van der Waals surface area (Å²) in [7, 11) is 0. The lowest BCUT2D eigenvalue weighted by molar-refractivity contribution is 0.0978. The van der Waals surface area contributed by atoms with Gasteiger partial charge in [-0.05, 0) is 12.1 Å². The standard InChI is InChI=1S/C11H9BrClN3O3/c12-9-3-1-2-7(11(17)14-13)8(9)6-19-10-4-5-16(18)15-10/h1-5,18H,6H2,(H,14,17). The third-order valence-corrected chi connectivity index (χ3v) is 3.28. The zero-order valence-corrected chi connectivity index (χ0v) is 11.8. The number of carbonyl (C=O) groups is 1. The molecule has 0 aliphatic heterocycles. The number of ether oxygens (including phenoxy) is 1. The molecule has 19 heavy (non-hydrogen) atoms. The summed E-state index contributed by atoms with van der Waals surface area (Å²) in [6.45, 7) is 0.109. The van der Waals surface area contributed by atoms with Gasteiger partial charge in [0.05, 0.1) is 6.20 Å². The van der Waals surface area contributed by atoms with E-state index in [0.717, 1.165) is 0 Å². The van der Waals surface area contributed by atoms with Crippen molar-refractivity contribution in [2.45, 2.75) is 6.61 Å². The van der Waals surface area contributed by atoms with Gasteiger partial charge in [-0.25, -0.2) is 0 Å². The van der Waals surface area contributed by atoms with E-state index in [-0.39, 0.29) is 12.5 Å². The van der Waals surface area contributed by atoms with Gasteiger partial charge in [-0.2, -0.15) is 0 Å². The minimum absolute atomic E-state index is 0.109. The highest BCUT2D eigenvalue weighted by Gasteiger charge is 2.14. The molecule has 1 aromatic heterocycles. The predicted molar refractivity (Wildman–Crippen MR) is 71.2 cm³/mol. The van der Waals surface area contributed by atoms with Crippen LogP contribution in [0.25, 0.3) is 0 Å². The fourth-order valence-electron chi connectivity index (χ4n) is 1.49. The van der Waals surface area contributed by atoms with Crippen molar-refractivity contribution in [1.82, 2.24) is 14.8 Å². The van der Waals surface area contributed by atoms with E-state index in [1.807, 2.05) is 4.84 Å². The van der Waals surface area contributed by atoms with Crippen LogP contribution in [0.5, 0.6) is 5.88 Å². The molecule has 0 aliphatic rings. The van der Waals surface area contributed by atoms with E-state index >= 15 is 0 Å². The topological polar surface area (TPSA) is 76.4 Å². The van der Waals surface area contributed by atoms with Crippen LogP contribution >= 0.6 is 27.7 Å². The number of hydrogen-bond donors (Lipinski definition) is 2. The molecule has 2 rings (SSSR count). The predicted octanol–water partition coefficient (Wildman–Crippen LogP) is 2.35. The van der Waals surface area contributed by atoms with Crippen molar-refractivity contribution in [1.29, 1.82) is 0 Å². The second-order valence-electron chi connectivity index (χ2n) is 3.55. The Morgan fingerprint density at radius 3 is 2.95 bits per heavy atom. The van der Waals surface area contributed by atoms with Crippen LogP contribution in [0.1, 0.15) is 15.9 Å². The first-order chi connectivity index (χ1) is 9.11. The molecular weight excluding hydrogens is 337 g/mol. The Balaban J connectivity index is 2.21. The Kier molecular flexibility index (Phi) is 4.28. The number of nitrogens with one attached hydrogen (secondary N) is 1. The van der Waals surface area contributed by atoms with Crippen LogP contribution in [0, 0.1) is 0 Å². The summed E-state index contributed by atoms with van der Waals surface area (Å²) in [5, 5.41) is 12.7. The third-order valence-electron chi connectivity index (χ3n) is 2.37. The van der Waals surface area contributed by atoms with Gasteiger partial charge in [0.1, 0.15) is 6.61 Å². The summed E-state index contributed by atoms with van der Waals surface area (Å²) < 4.78 is 6.10. The van der Waals surface area contributed by atoms with Gasteiger partial charge >= 0.3 is 0 Å². The number of carbonyl (C=O) groups excluding carboxylic acids is 1. The molecule has 0 bridgehead atoms. The molecule has 0 unspecified atom stereocenters. The Hall–Kier alpha value is -1.73. The van der Waals surface area contributed by atoms with Gasteiger partial charge in [0, 0.05) is 33.4 Å². The molecule has 0 fully saturated rings. The zero-order chi connectivity index (χ0) is 13.8. The van der Waals surface area contributed by atoms with Gasteiger partial charge in [0.25, 0.3) is 5.91 Å². The average Bonchev–Trinajstić information content (AvgIpc) is 2.82. The molecule has 0 aliphatic carbocycles. The Morgan fingerprint density at radius 1 is 1.53 bits per heavy atom. The minimum Gasteiger partial charge on any atom is -0.472 e. The Bertz CT molecular complexity index is 603. The molecule has 0 spiro atoms. The van der Waals surface area contributed by atoms with Crippen molar-refractivity contribution >= 4 is 33.6 Å². The van der Waals surface area contributed by atoms with Crippen LogP contribution in [-0.4, -0.2) is 21.1 Å². The van der Waals surface area contributed by atoms with E-state index in [2.05, 4.69) is 21.0 Å². The third kappa shape index (κ3) is 3.18. The van der Waals surface area contributed by atoms with Crippen molar-refractivity contribution in [2.75, 3.05) is 0 Å². The van der Waals surface area contributed by atoms with Crippen molar-refractivity contribution < 1.29 is 14.7 Å². The molecular formula is C11H9BrClN3O3. The summed E-state index contributed by atoms with van der Waals surface area (Å²) in [6, 6.07) is 6.63. The van der Waals surface area contributed by atoms with Crippen molar-refractivity contribution in [3.05, 3.63) is 46.1 Å². The van der Waals surface area contributed by atoms with E-state index in [4.69, 9.17) is 21.7 Å². The fraction of sp³-hybridized carbons (Fsp3) is 0.0909. The number of nitrogens with zero attached hydrogens (tertiary/aromatic N) is 2. The highest BCUT2D eigenvalue weighted by molar-refractivity contribution is 9.10. The van der Waals surface area contributed by atoms with Crippen LogP contribution in [0.3, 0.4) is 0 Å². The van der Waals surface area contributed by atoms with Crippen LogP contribution in [0.4, 0.5) is 0 Å². The number of rotatable bonds is 4. The van der Waals surface area contributed by atoms with E-state index in [1.165, 1.54) is 12.3 Å². The number of amides is 1. The lowest BCUT2D eigenvalue weighted by atomic mass is 10.1. The second kappa shape index (κ2) is 5.94. The van der Waals surface area contributed by atoms with Gasteiger partial charge < -0.3 is 9.94 Å². The summed E-state index contributed by atoms with van der Waals surface area (Å²) in [5.74, 6) is -0.176. The summed E-state index contributed by atoms with van der Waals surface area (Å²) in [4.78, 5) is 14.3. The molecule has 8 heteroatoms. The number of benzene rings is 1. The molecule has 2 aromatic rings. The van der Waals surface area contributed by atoms with Gasteiger partial charge in [-0.1, -0.05) is 27.1 Å². The highest BCUT2D eigenvalue weighted by atomic mass is 79.9. The normalized spacial score (nSPS) is 10.2. The molecule has 1 heterocycles. The van der Waals surface area contributed by atoms with Crippen molar-refractivity contribution in [3.63, 3.8) is 0 Å². The molecule has 6 nitrogen and oxygen atoms in total. The van der Waals surface area contributed by atoms with E-state index < -0.39 is 5.91 Å². The second-order valence-corrected chi connectivity index (χ2v) is 4.60. The first-order valence-electron chi connectivity index (χ1n) is 5.18. The molecule has 1 aromatic carbocycles. The maximum atomic E-state index is 11.6. The lowest BCUT2D eigenvalue weighted by Gasteiger charge is -2.10. The van der Waals surface area contributed by atoms with Gasteiger partial charge in [0.15, 0.2) is 0 Å². The van der Waals surface area contributed by atoms with Crippen LogP contribution in [-0.2, 0) is 6.61 Å². The van der Waals surface area contributed by atoms with Gasteiger partial charge in [-0.15, -0.1) is 4.85 Å². The minimum atomic E-state index is -0.422. The summed E-state index contributed by atoms with van der Waals surface area (Å²) in [5.41, 5.74) is 1.03. The van der Waals surface area contributed by atoms with Crippen LogP contribution in [0.2, 0.25) is 0 Å². The highest BCUT2D eigenvalue weighted by Crippen LogP contribution is 2.22. The van der Waals surface area contributed by atoms with Crippen molar-refractivity contribution in [3.8, 4) is 5.88 Å². The van der Waals surface area contributed by atoms with E-state index in [1.54, 1.807) is 18.2 Å². The van der Waals surface area contributed by atoms with Crippen LogP contribution < -0.4 is 9.57 Å². The SMILES string of the molecule is O=C(NCl)c1cccc(Br)c1COc1ccn(O)n1. The van der Waals surface area contributed by atoms with Gasteiger partial charge in [0.2, 0.25) is 5.88 Å². The van der Waals surface area contributed by atoms with E-state index in [9.17, 15) is 4.79 Å². The first-order valence-corrected chi connectivity index (χ1v) is 6.35.